The van der Waals surface area contributed by atoms with Crippen molar-refractivity contribution in [3.63, 3.8) is 0 Å². The molecular formula is C5H8Cl2O3. The number of rotatable bonds is 4. The Kier molecular flexibility index (Phi) is 5.54. The summed E-state index contributed by atoms with van der Waals surface area (Å²) in [4.78, 5) is 9.92. The lowest BCUT2D eigenvalue weighted by atomic mass is 10.3. The highest BCUT2D eigenvalue weighted by molar-refractivity contribution is 6.19. The molecule has 0 aliphatic heterocycles. The van der Waals surface area contributed by atoms with Crippen LogP contribution in [0.2, 0.25) is 0 Å². The fourth-order valence-corrected chi connectivity index (χ4v) is 0.893. The van der Waals surface area contributed by atoms with Crippen LogP contribution in [0.1, 0.15) is 6.42 Å². The number of hydrogen-bond acceptors (Lipinski definition) is 2. The molecule has 0 aromatic rings. The summed E-state index contributed by atoms with van der Waals surface area (Å²) in [6.45, 7) is 0. The first-order chi connectivity index (χ1) is 4.70. The van der Waals surface area contributed by atoms with E-state index < -0.39 is 12.3 Å². The molecule has 0 spiro atoms. The van der Waals surface area contributed by atoms with Gasteiger partial charge in [-0.25, -0.2) is 4.79 Å². The third-order valence-corrected chi connectivity index (χ3v) is 1.43. The summed E-state index contributed by atoms with van der Waals surface area (Å²) < 4.78 is 4.34. The molecule has 0 fully saturated rings. The summed E-state index contributed by atoms with van der Waals surface area (Å²) in [5.41, 5.74) is 0. The lowest BCUT2D eigenvalue weighted by Crippen LogP contribution is -2.18. The van der Waals surface area contributed by atoms with Crippen LogP contribution >= 0.6 is 23.2 Å². The monoisotopic (exact) mass is 186 g/mol. The molecule has 0 amide bonds. The summed E-state index contributed by atoms with van der Waals surface area (Å²) in [6.07, 6.45) is -1.33. The highest BCUT2D eigenvalue weighted by atomic mass is 35.5. The molecule has 0 aliphatic carbocycles. The Hall–Kier alpha value is -0.150. The van der Waals surface area contributed by atoms with Crippen molar-refractivity contribution in [2.24, 2.45) is 0 Å². The largest absolute Gasteiger partial charge is 0.506 e. The van der Waals surface area contributed by atoms with Crippen molar-refractivity contribution < 1.29 is 14.6 Å². The van der Waals surface area contributed by atoms with Gasteiger partial charge in [-0.3, -0.25) is 0 Å². The number of ether oxygens (including phenoxy) is 1. The Balaban J connectivity index is 3.49. The molecule has 0 aromatic carbocycles. The maximum Gasteiger partial charge on any atom is 0.506 e. The zero-order chi connectivity index (χ0) is 7.98. The van der Waals surface area contributed by atoms with E-state index in [0.717, 1.165) is 0 Å². The van der Waals surface area contributed by atoms with Gasteiger partial charge in [0, 0.05) is 5.88 Å². The van der Waals surface area contributed by atoms with Crippen LogP contribution in [0.15, 0.2) is 0 Å². The number of hydrogen-bond donors (Lipinski definition) is 1. The molecule has 10 heavy (non-hydrogen) atoms. The molecule has 0 saturated heterocycles. The van der Waals surface area contributed by atoms with Crippen molar-refractivity contribution in [2.45, 2.75) is 12.5 Å². The SMILES string of the molecule is O=C(O)OC(CCl)CCCl. The van der Waals surface area contributed by atoms with Gasteiger partial charge in [-0.05, 0) is 6.42 Å². The number of carbonyl (C=O) groups is 1. The van der Waals surface area contributed by atoms with Gasteiger partial charge in [0.15, 0.2) is 0 Å². The molecule has 1 unspecified atom stereocenters. The maximum atomic E-state index is 9.92. The van der Waals surface area contributed by atoms with Crippen molar-refractivity contribution in [3.05, 3.63) is 0 Å². The number of carboxylic acid groups (broad SMARTS) is 1. The van der Waals surface area contributed by atoms with E-state index >= 15 is 0 Å². The van der Waals surface area contributed by atoms with Gasteiger partial charge in [-0.15, -0.1) is 23.2 Å². The second kappa shape index (κ2) is 5.62. The lowest BCUT2D eigenvalue weighted by Gasteiger charge is -2.09. The highest BCUT2D eigenvalue weighted by Gasteiger charge is 2.10. The van der Waals surface area contributed by atoms with E-state index in [9.17, 15) is 4.79 Å². The molecule has 0 rings (SSSR count). The molecule has 60 valence electrons. The van der Waals surface area contributed by atoms with Crippen LogP contribution < -0.4 is 0 Å². The molecule has 1 N–H and O–H groups in total. The van der Waals surface area contributed by atoms with E-state index in [4.69, 9.17) is 28.3 Å². The Morgan fingerprint density at radius 2 is 2.20 bits per heavy atom. The first-order valence-corrected chi connectivity index (χ1v) is 3.79. The van der Waals surface area contributed by atoms with Gasteiger partial charge in [-0.2, -0.15) is 0 Å². The van der Waals surface area contributed by atoms with Crippen molar-refractivity contribution >= 4 is 29.4 Å². The predicted molar refractivity (Wildman–Crippen MR) is 39.0 cm³/mol. The van der Waals surface area contributed by atoms with E-state index in [1.807, 2.05) is 0 Å². The van der Waals surface area contributed by atoms with Crippen LogP contribution in [0.25, 0.3) is 0 Å². The second-order valence-corrected chi connectivity index (χ2v) is 2.32. The Labute approximate surface area is 68.9 Å². The van der Waals surface area contributed by atoms with Crippen LogP contribution in [0, 0.1) is 0 Å². The summed E-state index contributed by atoms with van der Waals surface area (Å²) in [5, 5.41) is 8.12. The smallest absolute Gasteiger partial charge is 0.450 e. The van der Waals surface area contributed by atoms with E-state index in [1.54, 1.807) is 0 Å². The fourth-order valence-electron chi connectivity index (χ4n) is 0.432. The second-order valence-electron chi connectivity index (χ2n) is 1.64. The number of halogens is 2. The minimum atomic E-state index is -1.31. The molecule has 5 heteroatoms. The van der Waals surface area contributed by atoms with Crippen molar-refractivity contribution in [1.29, 1.82) is 0 Å². The Morgan fingerprint density at radius 1 is 1.60 bits per heavy atom. The summed E-state index contributed by atoms with van der Waals surface area (Å²) >= 11 is 10.7. The van der Waals surface area contributed by atoms with Crippen LogP contribution in [-0.2, 0) is 4.74 Å². The average molecular weight is 187 g/mol. The van der Waals surface area contributed by atoms with E-state index in [1.165, 1.54) is 0 Å². The Bertz CT molecular complexity index is 107. The van der Waals surface area contributed by atoms with Crippen LogP contribution in [0.5, 0.6) is 0 Å². The molecule has 0 saturated carbocycles. The number of alkyl halides is 2. The highest BCUT2D eigenvalue weighted by Crippen LogP contribution is 2.02. The molecular weight excluding hydrogens is 179 g/mol. The van der Waals surface area contributed by atoms with Gasteiger partial charge in [0.25, 0.3) is 0 Å². The third kappa shape index (κ3) is 4.70. The normalized spacial score (nSPS) is 12.6. The topological polar surface area (TPSA) is 46.5 Å². The minimum Gasteiger partial charge on any atom is -0.450 e. The standard InChI is InChI=1S/C5H8Cl2O3/c6-2-1-4(3-7)10-5(8)9/h4H,1-3H2,(H,8,9). The van der Waals surface area contributed by atoms with E-state index in [0.29, 0.717) is 12.3 Å². The molecule has 0 aliphatic rings. The summed E-state index contributed by atoms with van der Waals surface area (Å²) in [5.74, 6) is 0.504. The van der Waals surface area contributed by atoms with Gasteiger partial charge in [0.05, 0.1) is 5.88 Å². The molecule has 0 aromatic heterocycles. The van der Waals surface area contributed by atoms with Crippen molar-refractivity contribution in [2.75, 3.05) is 11.8 Å². The van der Waals surface area contributed by atoms with Crippen LogP contribution in [0.3, 0.4) is 0 Å². The molecule has 1 atom stereocenters. The average Bonchev–Trinajstić information content (AvgIpc) is 1.86. The molecule has 0 bridgehead atoms. The third-order valence-electron chi connectivity index (χ3n) is 0.871. The van der Waals surface area contributed by atoms with Crippen molar-refractivity contribution in [3.8, 4) is 0 Å². The van der Waals surface area contributed by atoms with E-state index in [2.05, 4.69) is 4.74 Å². The van der Waals surface area contributed by atoms with Crippen LogP contribution in [0.4, 0.5) is 4.79 Å². The molecule has 0 heterocycles. The summed E-state index contributed by atoms with van der Waals surface area (Å²) in [6, 6.07) is 0. The van der Waals surface area contributed by atoms with Gasteiger partial charge in [0.1, 0.15) is 6.10 Å². The van der Waals surface area contributed by atoms with Crippen molar-refractivity contribution in [1.82, 2.24) is 0 Å². The first-order valence-electron chi connectivity index (χ1n) is 2.72. The van der Waals surface area contributed by atoms with Gasteiger partial charge in [-0.1, -0.05) is 0 Å². The van der Waals surface area contributed by atoms with Gasteiger partial charge >= 0.3 is 6.16 Å². The minimum absolute atomic E-state index is 0.152. The zero-order valence-electron chi connectivity index (χ0n) is 5.22. The lowest BCUT2D eigenvalue weighted by molar-refractivity contribution is 0.0593. The van der Waals surface area contributed by atoms with Gasteiger partial charge < -0.3 is 9.84 Å². The quantitative estimate of drug-likeness (QED) is 0.540. The zero-order valence-corrected chi connectivity index (χ0v) is 6.73. The molecule has 3 nitrogen and oxygen atoms in total. The maximum absolute atomic E-state index is 9.92. The molecule has 0 radical (unpaired) electrons. The van der Waals surface area contributed by atoms with Gasteiger partial charge in [0.2, 0.25) is 0 Å². The summed E-state index contributed by atoms with van der Waals surface area (Å²) in [7, 11) is 0. The fraction of sp³-hybridized carbons (Fsp3) is 0.800. The first kappa shape index (κ1) is 9.85. The predicted octanol–water partition coefficient (Wildman–Crippen LogP) is 1.92. The van der Waals surface area contributed by atoms with Crippen LogP contribution in [-0.4, -0.2) is 29.1 Å². The van der Waals surface area contributed by atoms with E-state index in [-0.39, 0.29) is 5.88 Å². The Morgan fingerprint density at radius 3 is 2.50 bits per heavy atom.